The van der Waals surface area contributed by atoms with Gasteiger partial charge in [-0.2, -0.15) is 0 Å². The highest BCUT2D eigenvalue weighted by Gasteiger charge is 2.26. The molecule has 110 valence electrons. The van der Waals surface area contributed by atoms with Crippen molar-refractivity contribution in [3.8, 4) is 0 Å². The first-order chi connectivity index (χ1) is 9.76. The Hall–Kier alpha value is -1.89. The number of nitrogens with zero attached hydrogens (tertiary/aromatic N) is 5. The summed E-state index contributed by atoms with van der Waals surface area (Å²) in [5.41, 5.74) is 5.80. The molecule has 0 bridgehead atoms. The van der Waals surface area contributed by atoms with Crippen LogP contribution in [0.2, 0.25) is 0 Å². The first-order valence-corrected chi connectivity index (χ1v) is 6.98. The van der Waals surface area contributed by atoms with Crippen LogP contribution in [0.15, 0.2) is 23.7 Å². The average Bonchev–Trinajstić information content (AvgIpc) is 2.53. The summed E-state index contributed by atoms with van der Waals surface area (Å²) in [5, 5.41) is 12.1. The van der Waals surface area contributed by atoms with Gasteiger partial charge in [-0.3, -0.25) is 4.90 Å². The van der Waals surface area contributed by atoms with Crippen LogP contribution < -0.4 is 10.6 Å². The smallest absolute Gasteiger partial charge is 0.156 e. The third-order valence-corrected chi connectivity index (χ3v) is 3.66. The van der Waals surface area contributed by atoms with E-state index < -0.39 is 0 Å². The van der Waals surface area contributed by atoms with Crippen molar-refractivity contribution < 1.29 is 5.21 Å². The zero-order valence-corrected chi connectivity index (χ0v) is 11.8. The lowest BCUT2D eigenvalue weighted by atomic mass is 10.1. The lowest BCUT2D eigenvalue weighted by Gasteiger charge is -2.39. The highest BCUT2D eigenvalue weighted by molar-refractivity contribution is 5.85. The first-order valence-electron chi connectivity index (χ1n) is 6.98. The van der Waals surface area contributed by atoms with Gasteiger partial charge in [-0.1, -0.05) is 18.5 Å². The Morgan fingerprint density at radius 2 is 2.20 bits per heavy atom. The molecule has 0 aromatic carbocycles. The van der Waals surface area contributed by atoms with Crippen LogP contribution in [-0.2, 0) is 0 Å². The predicted octanol–water partition coefficient (Wildman–Crippen LogP) is 0.514. The van der Waals surface area contributed by atoms with Crippen molar-refractivity contribution in [2.75, 3.05) is 31.1 Å². The molecular weight excluding hydrogens is 256 g/mol. The van der Waals surface area contributed by atoms with E-state index in [1.54, 1.807) is 12.5 Å². The van der Waals surface area contributed by atoms with Crippen LogP contribution in [0.4, 0.5) is 5.82 Å². The number of aromatic nitrogens is 2. The summed E-state index contributed by atoms with van der Waals surface area (Å²) in [5.74, 6) is 1.26. The minimum Gasteiger partial charge on any atom is -0.409 e. The SMILES string of the molecule is CCCC(C(N)=NO)N1CCN(c2ccncn2)CC1. The van der Waals surface area contributed by atoms with Gasteiger partial charge in [-0.15, -0.1) is 0 Å². The standard InChI is InChI=1S/C13H22N6O/c1-2-3-11(13(14)17-20)18-6-8-19(9-7-18)12-4-5-15-10-16-12/h4-5,10-11,20H,2-3,6-9H2,1H3,(H2,14,17). The van der Waals surface area contributed by atoms with Crippen LogP contribution in [-0.4, -0.2) is 58.1 Å². The molecule has 1 saturated heterocycles. The van der Waals surface area contributed by atoms with E-state index in [0.717, 1.165) is 44.8 Å². The van der Waals surface area contributed by atoms with E-state index in [1.165, 1.54) is 0 Å². The molecule has 20 heavy (non-hydrogen) atoms. The van der Waals surface area contributed by atoms with Crippen molar-refractivity contribution in [1.29, 1.82) is 0 Å². The highest BCUT2D eigenvalue weighted by Crippen LogP contribution is 2.15. The molecule has 7 nitrogen and oxygen atoms in total. The molecule has 0 saturated carbocycles. The second kappa shape index (κ2) is 7.04. The molecule has 3 N–H and O–H groups in total. The lowest BCUT2D eigenvalue weighted by molar-refractivity contribution is 0.211. The summed E-state index contributed by atoms with van der Waals surface area (Å²) in [7, 11) is 0. The third kappa shape index (κ3) is 3.36. The van der Waals surface area contributed by atoms with Crippen molar-refractivity contribution >= 4 is 11.7 Å². The van der Waals surface area contributed by atoms with Gasteiger partial charge in [0.2, 0.25) is 0 Å². The largest absolute Gasteiger partial charge is 0.409 e. The van der Waals surface area contributed by atoms with Crippen molar-refractivity contribution in [3.63, 3.8) is 0 Å². The zero-order valence-electron chi connectivity index (χ0n) is 11.8. The summed E-state index contributed by atoms with van der Waals surface area (Å²) < 4.78 is 0. The Kier molecular flexibility index (Phi) is 5.11. The highest BCUT2D eigenvalue weighted by atomic mass is 16.4. The van der Waals surface area contributed by atoms with Crippen molar-refractivity contribution in [2.45, 2.75) is 25.8 Å². The van der Waals surface area contributed by atoms with Crippen LogP contribution in [0.3, 0.4) is 0 Å². The number of anilines is 1. The van der Waals surface area contributed by atoms with E-state index in [9.17, 15) is 0 Å². The number of amidine groups is 1. The van der Waals surface area contributed by atoms with Gasteiger partial charge < -0.3 is 15.8 Å². The quantitative estimate of drug-likeness (QED) is 0.353. The number of hydrogen-bond donors (Lipinski definition) is 2. The molecule has 0 amide bonds. The Morgan fingerprint density at radius 3 is 2.75 bits per heavy atom. The molecule has 2 rings (SSSR count). The fraction of sp³-hybridized carbons (Fsp3) is 0.615. The Labute approximate surface area is 119 Å². The number of oxime groups is 1. The molecule has 1 atom stereocenters. The van der Waals surface area contributed by atoms with Gasteiger partial charge in [0, 0.05) is 32.4 Å². The molecular formula is C13H22N6O. The number of nitrogens with two attached hydrogens (primary N) is 1. The second-order valence-corrected chi connectivity index (χ2v) is 4.92. The molecule has 2 heterocycles. The van der Waals surface area contributed by atoms with Gasteiger partial charge in [0.25, 0.3) is 0 Å². The number of rotatable bonds is 5. The van der Waals surface area contributed by atoms with Gasteiger partial charge >= 0.3 is 0 Å². The molecule has 0 radical (unpaired) electrons. The topological polar surface area (TPSA) is 90.9 Å². The molecule has 0 aliphatic carbocycles. The maximum absolute atomic E-state index is 8.90. The molecule has 1 aliphatic rings. The monoisotopic (exact) mass is 278 g/mol. The third-order valence-electron chi connectivity index (χ3n) is 3.66. The summed E-state index contributed by atoms with van der Waals surface area (Å²) in [6.07, 6.45) is 5.24. The zero-order chi connectivity index (χ0) is 14.4. The van der Waals surface area contributed by atoms with Gasteiger partial charge in [-0.25, -0.2) is 9.97 Å². The number of hydrogen-bond acceptors (Lipinski definition) is 6. The normalized spacial score (nSPS) is 19.1. The maximum atomic E-state index is 8.90. The Bertz CT molecular complexity index is 430. The van der Waals surface area contributed by atoms with Gasteiger partial charge in [0.05, 0.1) is 6.04 Å². The predicted molar refractivity (Wildman–Crippen MR) is 77.9 cm³/mol. The lowest BCUT2D eigenvalue weighted by Crippen LogP contribution is -2.54. The molecule has 1 unspecified atom stereocenters. The van der Waals surface area contributed by atoms with Crippen LogP contribution in [0.5, 0.6) is 0 Å². The van der Waals surface area contributed by atoms with E-state index in [2.05, 4.69) is 31.8 Å². The van der Waals surface area contributed by atoms with Gasteiger partial charge in [-0.05, 0) is 12.5 Å². The van der Waals surface area contributed by atoms with Crippen LogP contribution in [0, 0.1) is 0 Å². The maximum Gasteiger partial charge on any atom is 0.156 e. The molecule has 0 spiro atoms. The molecule has 1 aromatic heterocycles. The summed E-state index contributed by atoms with van der Waals surface area (Å²) >= 11 is 0. The van der Waals surface area contributed by atoms with Crippen molar-refractivity contribution in [1.82, 2.24) is 14.9 Å². The van der Waals surface area contributed by atoms with Gasteiger partial charge in [0.15, 0.2) is 5.84 Å². The van der Waals surface area contributed by atoms with E-state index in [0.29, 0.717) is 5.84 Å². The van der Waals surface area contributed by atoms with Crippen molar-refractivity contribution in [2.24, 2.45) is 10.9 Å². The van der Waals surface area contributed by atoms with E-state index in [-0.39, 0.29) is 6.04 Å². The van der Waals surface area contributed by atoms with Crippen LogP contribution in [0.1, 0.15) is 19.8 Å². The van der Waals surface area contributed by atoms with E-state index in [1.807, 2.05) is 6.07 Å². The fourth-order valence-corrected chi connectivity index (χ4v) is 2.59. The van der Waals surface area contributed by atoms with Crippen LogP contribution in [0.25, 0.3) is 0 Å². The second-order valence-electron chi connectivity index (χ2n) is 4.92. The molecule has 7 heteroatoms. The Morgan fingerprint density at radius 1 is 1.45 bits per heavy atom. The minimum absolute atomic E-state index is 0.0255. The number of piperazine rings is 1. The first kappa shape index (κ1) is 14.5. The fourth-order valence-electron chi connectivity index (χ4n) is 2.59. The average molecular weight is 278 g/mol. The summed E-state index contributed by atoms with van der Waals surface area (Å²) in [6, 6.07) is 1.94. The summed E-state index contributed by atoms with van der Waals surface area (Å²) in [4.78, 5) is 12.7. The Balaban J connectivity index is 1.96. The van der Waals surface area contributed by atoms with E-state index in [4.69, 9.17) is 10.9 Å². The van der Waals surface area contributed by atoms with E-state index >= 15 is 0 Å². The van der Waals surface area contributed by atoms with Gasteiger partial charge in [0.1, 0.15) is 12.1 Å². The molecule has 1 aromatic rings. The van der Waals surface area contributed by atoms with Crippen LogP contribution >= 0.6 is 0 Å². The minimum atomic E-state index is 0.0255. The molecule has 1 fully saturated rings. The summed E-state index contributed by atoms with van der Waals surface area (Å²) in [6.45, 7) is 5.64. The van der Waals surface area contributed by atoms with Crippen molar-refractivity contribution in [3.05, 3.63) is 18.6 Å². The molecule has 1 aliphatic heterocycles.